The van der Waals surface area contributed by atoms with Gasteiger partial charge in [-0.1, -0.05) is 5.92 Å². The highest BCUT2D eigenvalue weighted by atomic mass is 19.4. The zero-order chi connectivity index (χ0) is 10.8. The van der Waals surface area contributed by atoms with E-state index in [1.807, 2.05) is 0 Å². The molecule has 0 saturated carbocycles. The molecular formula is C10H8F3N. The van der Waals surface area contributed by atoms with Crippen LogP contribution in [0.3, 0.4) is 0 Å². The smallest absolute Gasteiger partial charge is 0.259 e. The van der Waals surface area contributed by atoms with Gasteiger partial charge in [-0.2, -0.15) is 13.2 Å². The van der Waals surface area contributed by atoms with Crippen molar-refractivity contribution in [3.63, 3.8) is 0 Å². The molecule has 0 amide bonds. The van der Waals surface area contributed by atoms with E-state index in [2.05, 4.69) is 10.9 Å². The lowest BCUT2D eigenvalue weighted by Gasteiger charge is -2.07. The fraction of sp³-hybridized carbons (Fsp3) is 0.300. The van der Waals surface area contributed by atoms with E-state index in [9.17, 15) is 13.2 Å². The first-order valence-electron chi connectivity index (χ1n) is 3.94. The third kappa shape index (κ3) is 2.25. The second kappa shape index (κ2) is 3.70. The zero-order valence-electron chi connectivity index (χ0n) is 7.47. The predicted octanol–water partition coefficient (Wildman–Crippen LogP) is 2.84. The summed E-state index contributed by atoms with van der Waals surface area (Å²) in [6.45, 7) is 1.70. The van der Waals surface area contributed by atoms with E-state index in [1.54, 1.807) is 6.92 Å². The SMILES string of the molecule is C#C[C@@H](C)c1ccc(C(F)(F)F)cn1. The molecule has 1 heterocycles. The Morgan fingerprint density at radius 3 is 2.43 bits per heavy atom. The van der Waals surface area contributed by atoms with Gasteiger partial charge in [-0.3, -0.25) is 4.98 Å². The number of hydrogen-bond donors (Lipinski definition) is 0. The molecule has 0 aromatic carbocycles. The molecule has 4 heteroatoms. The van der Waals surface area contributed by atoms with Gasteiger partial charge >= 0.3 is 6.18 Å². The first-order valence-corrected chi connectivity index (χ1v) is 3.94. The summed E-state index contributed by atoms with van der Waals surface area (Å²) in [6, 6.07) is 2.28. The molecule has 14 heavy (non-hydrogen) atoms. The molecule has 1 rings (SSSR count). The molecule has 0 N–H and O–H groups in total. The number of terminal acetylenes is 1. The number of hydrogen-bond acceptors (Lipinski definition) is 1. The van der Waals surface area contributed by atoms with E-state index < -0.39 is 11.7 Å². The van der Waals surface area contributed by atoms with Crippen LogP contribution in [-0.4, -0.2) is 4.98 Å². The number of nitrogens with zero attached hydrogens (tertiary/aromatic N) is 1. The first-order chi connectivity index (χ1) is 6.45. The largest absolute Gasteiger partial charge is 0.417 e. The average molecular weight is 199 g/mol. The van der Waals surface area contributed by atoms with E-state index in [0.717, 1.165) is 12.3 Å². The van der Waals surface area contributed by atoms with Gasteiger partial charge in [0.1, 0.15) is 0 Å². The number of halogens is 3. The molecule has 0 unspecified atom stereocenters. The monoisotopic (exact) mass is 199 g/mol. The number of aromatic nitrogens is 1. The third-order valence-corrected chi connectivity index (χ3v) is 1.81. The van der Waals surface area contributed by atoms with Crippen molar-refractivity contribution in [1.82, 2.24) is 4.98 Å². The summed E-state index contributed by atoms with van der Waals surface area (Å²) < 4.78 is 36.4. The van der Waals surface area contributed by atoms with Gasteiger partial charge in [0.2, 0.25) is 0 Å². The summed E-state index contributed by atoms with van der Waals surface area (Å²) in [7, 11) is 0. The molecule has 0 aliphatic carbocycles. The Balaban J connectivity index is 2.96. The molecular weight excluding hydrogens is 191 g/mol. The van der Waals surface area contributed by atoms with Crippen LogP contribution in [0.5, 0.6) is 0 Å². The van der Waals surface area contributed by atoms with Crippen LogP contribution < -0.4 is 0 Å². The van der Waals surface area contributed by atoms with Gasteiger partial charge in [0.25, 0.3) is 0 Å². The van der Waals surface area contributed by atoms with Crippen molar-refractivity contribution in [2.45, 2.75) is 19.0 Å². The van der Waals surface area contributed by atoms with Gasteiger partial charge in [0, 0.05) is 6.20 Å². The van der Waals surface area contributed by atoms with Crippen LogP contribution in [0.4, 0.5) is 13.2 Å². The quantitative estimate of drug-likeness (QED) is 0.634. The molecule has 0 radical (unpaired) electrons. The van der Waals surface area contributed by atoms with E-state index in [1.165, 1.54) is 6.07 Å². The van der Waals surface area contributed by atoms with E-state index in [0.29, 0.717) is 5.69 Å². The Bertz CT molecular complexity index is 345. The highest BCUT2D eigenvalue weighted by Gasteiger charge is 2.30. The molecule has 1 nitrogen and oxygen atoms in total. The Hall–Kier alpha value is -1.50. The van der Waals surface area contributed by atoms with Crippen LogP contribution in [0.25, 0.3) is 0 Å². The molecule has 0 fully saturated rings. The van der Waals surface area contributed by atoms with Crippen LogP contribution in [-0.2, 0) is 6.18 Å². The van der Waals surface area contributed by atoms with E-state index >= 15 is 0 Å². The van der Waals surface area contributed by atoms with Crippen molar-refractivity contribution in [3.05, 3.63) is 29.6 Å². The van der Waals surface area contributed by atoms with Crippen LogP contribution in [0.15, 0.2) is 18.3 Å². The second-order valence-corrected chi connectivity index (χ2v) is 2.86. The minimum Gasteiger partial charge on any atom is -0.259 e. The number of pyridine rings is 1. The molecule has 1 aromatic rings. The number of rotatable bonds is 1. The van der Waals surface area contributed by atoms with Crippen LogP contribution in [0, 0.1) is 12.3 Å². The van der Waals surface area contributed by atoms with Crippen molar-refractivity contribution >= 4 is 0 Å². The lowest BCUT2D eigenvalue weighted by molar-refractivity contribution is -0.137. The van der Waals surface area contributed by atoms with Gasteiger partial charge in [0.15, 0.2) is 0 Å². The van der Waals surface area contributed by atoms with Gasteiger partial charge < -0.3 is 0 Å². The summed E-state index contributed by atoms with van der Waals surface area (Å²) in [5.74, 6) is 2.13. The molecule has 1 atom stereocenters. The van der Waals surface area contributed by atoms with Gasteiger partial charge in [-0.05, 0) is 19.1 Å². The topological polar surface area (TPSA) is 12.9 Å². The highest BCUT2D eigenvalue weighted by Crippen LogP contribution is 2.28. The molecule has 1 aromatic heterocycles. The van der Waals surface area contributed by atoms with Gasteiger partial charge in [-0.15, -0.1) is 6.42 Å². The van der Waals surface area contributed by atoms with E-state index in [4.69, 9.17) is 6.42 Å². The molecule has 0 saturated heterocycles. The summed E-state index contributed by atoms with van der Waals surface area (Å²) in [6.07, 6.45) is 1.57. The summed E-state index contributed by atoms with van der Waals surface area (Å²) in [5, 5.41) is 0. The lowest BCUT2D eigenvalue weighted by atomic mass is 10.1. The molecule has 0 spiro atoms. The molecule has 0 bridgehead atoms. The Kier molecular flexibility index (Phi) is 2.80. The molecule has 0 aliphatic heterocycles. The van der Waals surface area contributed by atoms with Crippen molar-refractivity contribution in [3.8, 4) is 12.3 Å². The van der Waals surface area contributed by atoms with Crippen molar-refractivity contribution in [1.29, 1.82) is 0 Å². The van der Waals surface area contributed by atoms with Gasteiger partial charge in [-0.25, -0.2) is 0 Å². The minimum absolute atomic E-state index is 0.266. The van der Waals surface area contributed by atoms with Crippen LogP contribution in [0.2, 0.25) is 0 Å². The third-order valence-electron chi connectivity index (χ3n) is 1.81. The Labute approximate surface area is 80.0 Å². The number of alkyl halides is 3. The van der Waals surface area contributed by atoms with E-state index in [-0.39, 0.29) is 5.92 Å². The second-order valence-electron chi connectivity index (χ2n) is 2.86. The first kappa shape index (κ1) is 10.6. The molecule has 0 aliphatic rings. The van der Waals surface area contributed by atoms with Crippen molar-refractivity contribution < 1.29 is 13.2 Å². The predicted molar refractivity (Wildman–Crippen MR) is 46.5 cm³/mol. The maximum absolute atomic E-state index is 12.1. The Morgan fingerprint density at radius 1 is 1.43 bits per heavy atom. The average Bonchev–Trinajstić information content (AvgIpc) is 2.15. The highest BCUT2D eigenvalue weighted by molar-refractivity contribution is 5.22. The summed E-state index contributed by atoms with van der Waals surface area (Å²) in [4.78, 5) is 3.65. The minimum atomic E-state index is -4.34. The standard InChI is InChI=1S/C10H8F3N/c1-3-7(2)9-5-4-8(6-14-9)10(11,12)13/h1,4-7H,2H3/t7-/m1/s1. The summed E-state index contributed by atoms with van der Waals surface area (Å²) in [5.41, 5.74) is -0.286. The maximum Gasteiger partial charge on any atom is 0.417 e. The summed E-state index contributed by atoms with van der Waals surface area (Å²) >= 11 is 0. The van der Waals surface area contributed by atoms with Crippen LogP contribution in [0.1, 0.15) is 24.1 Å². The van der Waals surface area contributed by atoms with Crippen molar-refractivity contribution in [2.75, 3.05) is 0 Å². The fourth-order valence-electron chi connectivity index (χ4n) is 0.915. The fourth-order valence-corrected chi connectivity index (χ4v) is 0.915. The van der Waals surface area contributed by atoms with Crippen LogP contribution >= 0.6 is 0 Å². The maximum atomic E-state index is 12.1. The molecule has 74 valence electrons. The lowest BCUT2D eigenvalue weighted by Crippen LogP contribution is -2.06. The normalized spacial score (nSPS) is 13.4. The Morgan fingerprint density at radius 2 is 2.07 bits per heavy atom. The van der Waals surface area contributed by atoms with Crippen molar-refractivity contribution in [2.24, 2.45) is 0 Å². The van der Waals surface area contributed by atoms with Gasteiger partial charge in [0.05, 0.1) is 17.2 Å². The zero-order valence-corrected chi connectivity index (χ0v) is 7.47.